The van der Waals surface area contributed by atoms with Crippen LogP contribution in [0.1, 0.15) is 104 Å². The number of rotatable bonds is 0. The standard InChI is InChI=1S/5C4H10O.Ru/c5*1-4(2,3)5;/h5*5H,1-3H3;. The summed E-state index contributed by atoms with van der Waals surface area (Å²) in [5.74, 6) is 0. The van der Waals surface area contributed by atoms with Crippen molar-refractivity contribution in [2.45, 2.75) is 132 Å². The molecular weight excluding hydrogens is 421 g/mol. The fourth-order valence-corrected chi connectivity index (χ4v) is 0. The predicted molar refractivity (Wildman–Crippen MR) is 110 cm³/mol. The predicted octanol–water partition coefficient (Wildman–Crippen LogP) is 3.88. The largest absolute Gasteiger partial charge is 0.391 e. The van der Waals surface area contributed by atoms with E-state index in [9.17, 15) is 0 Å². The van der Waals surface area contributed by atoms with Gasteiger partial charge in [-0.1, -0.05) is 0 Å². The fourth-order valence-electron chi connectivity index (χ4n) is 0. The zero-order chi connectivity index (χ0) is 22.5. The maximum atomic E-state index is 8.52. The molecule has 0 saturated carbocycles. The smallest absolute Gasteiger partial charge is 0.0563 e. The molecule has 5 N–H and O–H groups in total. The average Bonchev–Trinajstić information content (AvgIpc) is 1.79. The van der Waals surface area contributed by atoms with Crippen molar-refractivity contribution in [2.24, 2.45) is 0 Å². The summed E-state index contributed by atoms with van der Waals surface area (Å²) in [6.07, 6.45) is 0. The van der Waals surface area contributed by atoms with Gasteiger partial charge in [-0.05, 0) is 104 Å². The third kappa shape index (κ3) is 74800. The van der Waals surface area contributed by atoms with Gasteiger partial charge in [0, 0.05) is 19.5 Å². The van der Waals surface area contributed by atoms with E-state index < -0.39 is 28.0 Å². The van der Waals surface area contributed by atoms with Crippen molar-refractivity contribution < 1.29 is 45.0 Å². The van der Waals surface area contributed by atoms with E-state index in [1.165, 1.54) is 0 Å². The summed E-state index contributed by atoms with van der Waals surface area (Å²) in [5.41, 5.74) is -2.50. The van der Waals surface area contributed by atoms with Crippen LogP contribution in [0.2, 0.25) is 0 Å². The molecule has 0 spiro atoms. The summed E-state index contributed by atoms with van der Waals surface area (Å²) >= 11 is 0. The molecule has 0 atom stereocenters. The van der Waals surface area contributed by atoms with E-state index in [2.05, 4.69) is 0 Å². The normalized spacial score (nSPS) is 11.5. The first-order valence-electron chi connectivity index (χ1n) is 8.62. The Hall–Kier alpha value is 0.423. The Labute approximate surface area is 177 Å². The molecule has 6 heteroatoms. The Bertz CT molecular complexity index is 171. The van der Waals surface area contributed by atoms with Gasteiger partial charge in [0.2, 0.25) is 0 Å². The van der Waals surface area contributed by atoms with Crippen molar-refractivity contribution in [3.05, 3.63) is 0 Å². The molecule has 0 fully saturated rings. The minimum absolute atomic E-state index is 0. The zero-order valence-corrected chi connectivity index (χ0v) is 21.8. The molecular formula is C20H50O5Ru. The second-order valence-electron chi connectivity index (χ2n) is 10.9. The summed E-state index contributed by atoms with van der Waals surface area (Å²) in [4.78, 5) is 0. The van der Waals surface area contributed by atoms with E-state index >= 15 is 0 Å². The van der Waals surface area contributed by atoms with Gasteiger partial charge >= 0.3 is 0 Å². The second kappa shape index (κ2) is 16.4. The Morgan fingerprint density at radius 1 is 0.269 bits per heavy atom. The van der Waals surface area contributed by atoms with Gasteiger partial charge in [0.15, 0.2) is 0 Å². The van der Waals surface area contributed by atoms with E-state index in [0.29, 0.717) is 0 Å². The first kappa shape index (κ1) is 40.9. The average molecular weight is 472 g/mol. The summed E-state index contributed by atoms with van der Waals surface area (Å²) in [5, 5.41) is 42.6. The van der Waals surface area contributed by atoms with Gasteiger partial charge in [-0.15, -0.1) is 0 Å². The quantitative estimate of drug-likeness (QED) is 0.345. The molecule has 0 amide bonds. The second-order valence-corrected chi connectivity index (χ2v) is 10.9. The molecule has 168 valence electrons. The molecule has 0 aliphatic carbocycles. The Kier molecular flexibility index (Phi) is 25.8. The Morgan fingerprint density at radius 2 is 0.269 bits per heavy atom. The number of hydrogen-bond acceptors (Lipinski definition) is 5. The van der Waals surface area contributed by atoms with E-state index in [4.69, 9.17) is 25.5 Å². The van der Waals surface area contributed by atoms with Crippen molar-refractivity contribution in [1.82, 2.24) is 0 Å². The van der Waals surface area contributed by atoms with Crippen LogP contribution in [0, 0.1) is 0 Å². The fraction of sp³-hybridized carbons (Fsp3) is 1.00. The summed E-state index contributed by atoms with van der Waals surface area (Å²) in [6, 6.07) is 0. The molecule has 0 saturated heterocycles. The molecule has 0 aromatic heterocycles. The first-order valence-corrected chi connectivity index (χ1v) is 8.62. The Balaban J connectivity index is -0.0000000476. The molecule has 0 bridgehead atoms. The van der Waals surface area contributed by atoms with Crippen molar-refractivity contribution in [1.29, 1.82) is 0 Å². The van der Waals surface area contributed by atoms with Crippen LogP contribution >= 0.6 is 0 Å². The summed E-state index contributed by atoms with van der Waals surface area (Å²) in [7, 11) is 0. The summed E-state index contributed by atoms with van der Waals surface area (Å²) in [6.45, 7) is 26.1. The molecule has 0 unspecified atom stereocenters. The van der Waals surface area contributed by atoms with Crippen molar-refractivity contribution in [2.75, 3.05) is 0 Å². The van der Waals surface area contributed by atoms with Gasteiger partial charge in [0.1, 0.15) is 0 Å². The number of hydrogen-bond donors (Lipinski definition) is 5. The van der Waals surface area contributed by atoms with Gasteiger partial charge in [0.25, 0.3) is 0 Å². The van der Waals surface area contributed by atoms with Crippen LogP contribution < -0.4 is 0 Å². The van der Waals surface area contributed by atoms with Gasteiger partial charge in [-0.2, -0.15) is 0 Å². The molecule has 0 aromatic rings. The molecule has 5 nitrogen and oxygen atoms in total. The van der Waals surface area contributed by atoms with E-state index in [1.54, 1.807) is 104 Å². The Morgan fingerprint density at radius 3 is 0.269 bits per heavy atom. The van der Waals surface area contributed by atoms with Crippen LogP contribution in [0.4, 0.5) is 0 Å². The van der Waals surface area contributed by atoms with Gasteiger partial charge in [0.05, 0.1) is 28.0 Å². The van der Waals surface area contributed by atoms with Crippen LogP contribution in [0.15, 0.2) is 0 Å². The van der Waals surface area contributed by atoms with Crippen LogP contribution in [0.5, 0.6) is 0 Å². The maximum absolute atomic E-state index is 8.52. The molecule has 0 rings (SSSR count). The van der Waals surface area contributed by atoms with Crippen LogP contribution in [0.3, 0.4) is 0 Å². The van der Waals surface area contributed by atoms with Crippen LogP contribution in [-0.4, -0.2) is 53.5 Å². The molecule has 0 radical (unpaired) electrons. The van der Waals surface area contributed by atoms with Crippen LogP contribution in [0.25, 0.3) is 0 Å². The van der Waals surface area contributed by atoms with Gasteiger partial charge in [-0.25, -0.2) is 0 Å². The SMILES string of the molecule is CC(C)(C)O.CC(C)(C)O.CC(C)(C)O.CC(C)(C)O.CC(C)(C)O.[Ru]. The van der Waals surface area contributed by atoms with Crippen LogP contribution in [-0.2, 0) is 19.5 Å². The minimum Gasteiger partial charge on any atom is -0.391 e. The van der Waals surface area contributed by atoms with Gasteiger partial charge < -0.3 is 25.5 Å². The summed E-state index contributed by atoms with van der Waals surface area (Å²) < 4.78 is 0. The molecule has 0 aliphatic heterocycles. The third-order valence-corrected chi connectivity index (χ3v) is 0. The maximum Gasteiger partial charge on any atom is 0.0563 e. The zero-order valence-electron chi connectivity index (χ0n) is 20.1. The topological polar surface area (TPSA) is 101 Å². The van der Waals surface area contributed by atoms with Crippen molar-refractivity contribution >= 4 is 0 Å². The monoisotopic (exact) mass is 472 g/mol. The third-order valence-electron chi connectivity index (χ3n) is 0. The number of aliphatic hydroxyl groups is 5. The minimum atomic E-state index is -0.500. The molecule has 26 heavy (non-hydrogen) atoms. The molecule has 0 aliphatic rings. The molecule has 0 aromatic carbocycles. The first-order chi connectivity index (χ1) is 10.0. The van der Waals surface area contributed by atoms with Crippen molar-refractivity contribution in [3.8, 4) is 0 Å². The molecule has 0 heterocycles. The van der Waals surface area contributed by atoms with E-state index in [-0.39, 0.29) is 19.5 Å². The van der Waals surface area contributed by atoms with Gasteiger partial charge in [-0.3, -0.25) is 0 Å². The van der Waals surface area contributed by atoms with E-state index in [1.807, 2.05) is 0 Å². The van der Waals surface area contributed by atoms with E-state index in [0.717, 1.165) is 0 Å². The van der Waals surface area contributed by atoms with Crippen molar-refractivity contribution in [3.63, 3.8) is 0 Å².